The molecule has 0 saturated heterocycles. The van der Waals surface area contributed by atoms with Crippen LogP contribution >= 0.6 is 0 Å². The van der Waals surface area contributed by atoms with Gasteiger partial charge < -0.3 is 0 Å². The van der Waals surface area contributed by atoms with Crippen molar-refractivity contribution in [3.8, 4) is 0 Å². The van der Waals surface area contributed by atoms with Crippen molar-refractivity contribution < 1.29 is 0 Å². The Kier molecular flexibility index (Phi) is 16.0. The van der Waals surface area contributed by atoms with Crippen molar-refractivity contribution in [1.82, 2.24) is 0 Å². The minimum atomic E-state index is 1.01. The molecule has 0 aliphatic rings. The van der Waals surface area contributed by atoms with Crippen LogP contribution in [-0.2, 0) is 0 Å². The van der Waals surface area contributed by atoms with Crippen molar-refractivity contribution in [2.45, 2.75) is 106 Å². The summed E-state index contributed by atoms with van der Waals surface area (Å²) in [6.07, 6.45) is 23.6. The van der Waals surface area contributed by atoms with Crippen LogP contribution in [0.1, 0.15) is 106 Å². The zero-order valence-electron chi connectivity index (χ0n) is 19.2. The Labute approximate surface area is 171 Å². The summed E-state index contributed by atoms with van der Waals surface area (Å²) >= 11 is 0. The summed E-state index contributed by atoms with van der Waals surface area (Å²) in [5.74, 6) is 0. The van der Waals surface area contributed by atoms with Crippen molar-refractivity contribution in [3.05, 3.63) is 65.2 Å². The lowest BCUT2D eigenvalue weighted by Gasteiger charge is -2.02. The molecule has 27 heavy (non-hydrogen) atoms. The van der Waals surface area contributed by atoms with E-state index in [9.17, 15) is 0 Å². The van der Waals surface area contributed by atoms with Gasteiger partial charge in [-0.3, -0.25) is 0 Å². The Morgan fingerprint density at radius 2 is 0.815 bits per heavy atom. The first kappa shape index (κ1) is 25.7. The Balaban J connectivity index is 4.01. The summed E-state index contributed by atoms with van der Waals surface area (Å²) < 4.78 is 0. The van der Waals surface area contributed by atoms with Gasteiger partial charge in [0.2, 0.25) is 0 Å². The molecule has 1 radical (unpaired) electrons. The molecule has 0 aromatic carbocycles. The van der Waals surface area contributed by atoms with E-state index >= 15 is 0 Å². The lowest BCUT2D eigenvalue weighted by Crippen LogP contribution is -1.82. The highest BCUT2D eigenvalue weighted by Gasteiger charge is 1.93. The van der Waals surface area contributed by atoms with Crippen molar-refractivity contribution in [3.63, 3.8) is 0 Å². The van der Waals surface area contributed by atoms with Crippen molar-refractivity contribution in [2.24, 2.45) is 0 Å². The highest BCUT2D eigenvalue weighted by Crippen LogP contribution is 2.14. The molecule has 0 heterocycles. The van der Waals surface area contributed by atoms with E-state index in [0.717, 1.165) is 12.8 Å². The standard InChI is InChI=1S/C27H45/c1-8-14-24(4)19-12-20-25(5)16-9-10-17-26(6)21-13-22-27(7)18-11-15-23(2)3/h15-17,19,22H,1,8-14,18,20-21H2,2-7H3/b24-19+,25-16+,26-17+,27-22+. The lowest BCUT2D eigenvalue weighted by molar-refractivity contribution is 0.896. The van der Waals surface area contributed by atoms with E-state index in [1.54, 1.807) is 0 Å². The molecule has 0 bridgehead atoms. The number of rotatable bonds is 14. The van der Waals surface area contributed by atoms with Crippen LogP contribution in [0.25, 0.3) is 0 Å². The molecule has 0 nitrogen and oxygen atoms in total. The van der Waals surface area contributed by atoms with Gasteiger partial charge in [-0.15, -0.1) is 0 Å². The first-order chi connectivity index (χ1) is 12.8. The SMILES string of the molecule is [CH2]CC/C(C)=C/CC/C(C)=C/CC/C=C(\C)CC/C=C(\C)CCC=C(C)C. The van der Waals surface area contributed by atoms with Crippen LogP contribution in [0.3, 0.4) is 0 Å². The van der Waals surface area contributed by atoms with Crippen LogP contribution in [0.5, 0.6) is 0 Å². The fourth-order valence-electron chi connectivity index (χ4n) is 3.03. The van der Waals surface area contributed by atoms with Crippen LogP contribution in [0, 0.1) is 6.92 Å². The van der Waals surface area contributed by atoms with E-state index in [1.165, 1.54) is 79.2 Å². The Morgan fingerprint density at radius 1 is 0.481 bits per heavy atom. The van der Waals surface area contributed by atoms with Gasteiger partial charge in [-0.2, -0.15) is 0 Å². The van der Waals surface area contributed by atoms with Gasteiger partial charge in [0.1, 0.15) is 0 Å². The summed E-state index contributed by atoms with van der Waals surface area (Å²) in [6, 6.07) is 0. The third-order valence-corrected chi connectivity index (χ3v) is 4.88. The maximum atomic E-state index is 3.91. The molecule has 0 atom stereocenters. The molecule has 0 amide bonds. The molecule has 0 rings (SSSR count). The molecular weight excluding hydrogens is 324 g/mol. The second-order valence-electron chi connectivity index (χ2n) is 8.28. The highest BCUT2D eigenvalue weighted by atomic mass is 14.0. The van der Waals surface area contributed by atoms with E-state index in [0.29, 0.717) is 0 Å². The molecule has 0 fully saturated rings. The third kappa shape index (κ3) is 17.9. The molecule has 0 unspecified atom stereocenters. The molecule has 0 aromatic rings. The number of unbranched alkanes of at least 4 members (excludes halogenated alkanes) is 1. The molecule has 0 N–H and O–H groups in total. The van der Waals surface area contributed by atoms with Gasteiger partial charge in [0.25, 0.3) is 0 Å². The Bertz CT molecular complexity index is 530. The van der Waals surface area contributed by atoms with Crippen LogP contribution in [-0.4, -0.2) is 0 Å². The third-order valence-electron chi connectivity index (χ3n) is 4.88. The van der Waals surface area contributed by atoms with Gasteiger partial charge in [-0.05, 0) is 106 Å². The minimum absolute atomic E-state index is 1.01. The first-order valence-electron chi connectivity index (χ1n) is 10.9. The topological polar surface area (TPSA) is 0 Å². The zero-order chi connectivity index (χ0) is 20.5. The quantitative estimate of drug-likeness (QED) is 0.211. The molecule has 0 aliphatic carbocycles. The smallest absolute Gasteiger partial charge is 0.0288 e. The van der Waals surface area contributed by atoms with Crippen LogP contribution < -0.4 is 0 Å². The van der Waals surface area contributed by atoms with Gasteiger partial charge in [0, 0.05) is 0 Å². The Hall–Kier alpha value is -1.30. The van der Waals surface area contributed by atoms with E-state index in [-0.39, 0.29) is 0 Å². The molecule has 0 heteroatoms. The van der Waals surface area contributed by atoms with E-state index in [4.69, 9.17) is 0 Å². The predicted molar refractivity (Wildman–Crippen MR) is 126 cm³/mol. The summed E-state index contributed by atoms with van der Waals surface area (Å²) in [7, 11) is 0. The van der Waals surface area contributed by atoms with Crippen molar-refractivity contribution >= 4 is 0 Å². The zero-order valence-corrected chi connectivity index (χ0v) is 19.2. The van der Waals surface area contributed by atoms with Crippen molar-refractivity contribution in [2.75, 3.05) is 0 Å². The number of hydrogen-bond donors (Lipinski definition) is 0. The fraction of sp³-hybridized carbons (Fsp3) is 0.593. The van der Waals surface area contributed by atoms with Gasteiger partial charge in [-0.25, -0.2) is 0 Å². The fourth-order valence-corrected chi connectivity index (χ4v) is 3.03. The number of hydrogen-bond acceptors (Lipinski definition) is 0. The maximum Gasteiger partial charge on any atom is -0.0288 e. The van der Waals surface area contributed by atoms with Crippen LogP contribution in [0.4, 0.5) is 0 Å². The molecule has 153 valence electrons. The normalized spacial score (nSPS) is 13.9. The minimum Gasteiger partial charge on any atom is -0.0856 e. The lowest BCUT2D eigenvalue weighted by atomic mass is 10.0. The molecule has 0 spiro atoms. The van der Waals surface area contributed by atoms with Crippen LogP contribution in [0.2, 0.25) is 0 Å². The molecular formula is C27H45. The summed E-state index contributed by atoms with van der Waals surface area (Å²) in [5, 5.41) is 0. The summed E-state index contributed by atoms with van der Waals surface area (Å²) in [4.78, 5) is 0. The molecule has 0 aliphatic heterocycles. The number of allylic oxidation sites excluding steroid dienone is 10. The van der Waals surface area contributed by atoms with Gasteiger partial charge >= 0.3 is 0 Å². The van der Waals surface area contributed by atoms with E-state index < -0.39 is 0 Å². The van der Waals surface area contributed by atoms with Gasteiger partial charge in [-0.1, -0.05) is 65.2 Å². The molecule has 0 aromatic heterocycles. The largest absolute Gasteiger partial charge is 0.0856 e. The van der Waals surface area contributed by atoms with Gasteiger partial charge in [0.05, 0.1) is 0 Å². The average Bonchev–Trinajstić information content (AvgIpc) is 2.58. The summed E-state index contributed by atoms with van der Waals surface area (Å²) in [5.41, 5.74) is 7.48. The maximum absolute atomic E-state index is 3.91. The van der Waals surface area contributed by atoms with Crippen molar-refractivity contribution in [1.29, 1.82) is 0 Å². The second-order valence-corrected chi connectivity index (χ2v) is 8.28. The van der Waals surface area contributed by atoms with E-state index in [1.807, 2.05) is 0 Å². The van der Waals surface area contributed by atoms with E-state index in [2.05, 4.69) is 78.8 Å². The highest BCUT2D eigenvalue weighted by molar-refractivity contribution is 5.07. The predicted octanol–water partition coefficient (Wildman–Crippen LogP) is 9.47. The average molecular weight is 370 g/mol. The van der Waals surface area contributed by atoms with Crippen LogP contribution in [0.15, 0.2) is 58.2 Å². The van der Waals surface area contributed by atoms with Gasteiger partial charge in [0.15, 0.2) is 0 Å². The second kappa shape index (κ2) is 16.8. The first-order valence-corrected chi connectivity index (χ1v) is 10.9. The Morgan fingerprint density at radius 3 is 1.19 bits per heavy atom. The molecule has 0 saturated carbocycles. The monoisotopic (exact) mass is 369 g/mol. The summed E-state index contributed by atoms with van der Waals surface area (Å²) in [6.45, 7) is 17.3.